The van der Waals surface area contributed by atoms with Crippen LogP contribution in [0.1, 0.15) is 71.9 Å². The molecule has 184 valence electrons. The average molecular weight is 507 g/mol. The van der Waals surface area contributed by atoms with Crippen molar-refractivity contribution >= 4 is 11.8 Å². The van der Waals surface area contributed by atoms with Gasteiger partial charge < -0.3 is 0 Å². The van der Waals surface area contributed by atoms with Crippen LogP contribution in [0.25, 0.3) is 0 Å². The largest absolute Gasteiger partial charge is 0.417 e. The molecule has 2 saturated carbocycles. The highest BCUT2D eigenvalue weighted by Crippen LogP contribution is 2.43. The lowest BCUT2D eigenvalue weighted by molar-refractivity contribution is -0.138. The van der Waals surface area contributed by atoms with Gasteiger partial charge in [-0.1, -0.05) is 48.3 Å². The van der Waals surface area contributed by atoms with Crippen molar-refractivity contribution in [1.29, 1.82) is 0 Å². The van der Waals surface area contributed by atoms with E-state index >= 15 is 0 Å². The predicted molar refractivity (Wildman–Crippen MR) is 125 cm³/mol. The van der Waals surface area contributed by atoms with E-state index in [-0.39, 0.29) is 32.8 Å². The molecule has 0 radical (unpaired) electrons. The Morgan fingerprint density at radius 3 is 1.31 bits per heavy atom. The molecule has 0 aromatic heterocycles. The Hall–Kier alpha value is -2.51. The summed E-state index contributed by atoms with van der Waals surface area (Å²) in [5.41, 5.74) is -1.38. The summed E-state index contributed by atoms with van der Waals surface area (Å²) in [6.45, 7) is 3.08. The smallest absolute Gasteiger partial charge is 0.166 e. The SMILES string of the molecule is Cc1cc(Sc2cc(C)cc(C(F)(F)F)c2C#CC2CCC2)c(C#CC2CCC2)c(C(F)(F)F)c1. The number of halogens is 6. The third-order valence-corrected chi connectivity index (χ3v) is 7.42. The first-order chi connectivity index (χ1) is 16.4. The molecule has 0 heterocycles. The van der Waals surface area contributed by atoms with Gasteiger partial charge in [0.15, 0.2) is 0 Å². The van der Waals surface area contributed by atoms with E-state index in [1.165, 1.54) is 13.8 Å². The third-order valence-electron chi connectivity index (χ3n) is 6.34. The second-order valence-electron chi connectivity index (χ2n) is 9.26. The Kier molecular flexibility index (Phi) is 7.21. The number of hydrogen-bond acceptors (Lipinski definition) is 1. The van der Waals surface area contributed by atoms with Gasteiger partial charge in [0.25, 0.3) is 0 Å². The molecule has 0 N–H and O–H groups in total. The molecule has 0 atom stereocenters. The van der Waals surface area contributed by atoms with Crippen molar-refractivity contribution in [1.82, 2.24) is 0 Å². The van der Waals surface area contributed by atoms with E-state index in [0.29, 0.717) is 11.1 Å². The van der Waals surface area contributed by atoms with Crippen molar-refractivity contribution in [2.24, 2.45) is 11.8 Å². The minimum atomic E-state index is -4.64. The zero-order valence-electron chi connectivity index (χ0n) is 19.4. The summed E-state index contributed by atoms with van der Waals surface area (Å²) in [5, 5.41) is 0. The van der Waals surface area contributed by atoms with Crippen molar-refractivity contribution in [3.63, 3.8) is 0 Å². The van der Waals surface area contributed by atoms with Crippen molar-refractivity contribution in [2.45, 2.75) is 74.5 Å². The van der Waals surface area contributed by atoms with E-state index in [1.807, 2.05) is 0 Å². The molecule has 0 saturated heterocycles. The molecular weight excluding hydrogens is 482 g/mol. The molecule has 0 aliphatic heterocycles. The molecule has 0 spiro atoms. The van der Waals surface area contributed by atoms with Crippen LogP contribution >= 0.6 is 11.8 Å². The Balaban J connectivity index is 1.87. The number of alkyl halides is 6. The Bertz CT molecular complexity index is 1140. The first-order valence-corrected chi connectivity index (χ1v) is 12.4. The van der Waals surface area contributed by atoms with Gasteiger partial charge in [-0.15, -0.1) is 0 Å². The van der Waals surface area contributed by atoms with Gasteiger partial charge in [0.05, 0.1) is 22.3 Å². The third kappa shape index (κ3) is 6.01. The van der Waals surface area contributed by atoms with Crippen LogP contribution in [0.4, 0.5) is 26.3 Å². The van der Waals surface area contributed by atoms with Crippen LogP contribution < -0.4 is 0 Å². The van der Waals surface area contributed by atoms with Gasteiger partial charge in [0, 0.05) is 21.6 Å². The maximum Gasteiger partial charge on any atom is 0.417 e. The molecule has 2 aromatic rings. The summed E-state index contributed by atoms with van der Waals surface area (Å²) >= 11 is 0.879. The lowest BCUT2D eigenvalue weighted by Crippen LogP contribution is -2.12. The van der Waals surface area contributed by atoms with Gasteiger partial charge in [0.1, 0.15) is 0 Å². The van der Waals surface area contributed by atoms with E-state index in [4.69, 9.17) is 0 Å². The summed E-state index contributed by atoms with van der Waals surface area (Å²) in [4.78, 5) is 0.379. The van der Waals surface area contributed by atoms with Crippen LogP contribution in [0.3, 0.4) is 0 Å². The predicted octanol–water partition coefficient (Wildman–Crippen LogP) is 8.80. The maximum atomic E-state index is 13.9. The number of aryl methyl sites for hydroxylation is 2. The number of benzene rings is 2. The number of hydrogen-bond donors (Lipinski definition) is 0. The molecule has 0 unspecified atom stereocenters. The topological polar surface area (TPSA) is 0 Å². The summed E-state index contributed by atoms with van der Waals surface area (Å²) in [6.07, 6.45) is -3.91. The van der Waals surface area contributed by atoms with Crippen molar-refractivity contribution in [2.75, 3.05) is 0 Å². The highest BCUT2D eigenvalue weighted by atomic mass is 32.2. The van der Waals surface area contributed by atoms with Gasteiger partial charge in [-0.05, 0) is 74.9 Å². The van der Waals surface area contributed by atoms with Crippen LogP contribution in [0.5, 0.6) is 0 Å². The van der Waals surface area contributed by atoms with Crippen LogP contribution in [-0.4, -0.2) is 0 Å². The van der Waals surface area contributed by atoms with Crippen LogP contribution in [-0.2, 0) is 12.4 Å². The maximum absolute atomic E-state index is 13.9. The lowest BCUT2D eigenvalue weighted by Gasteiger charge is -2.20. The molecule has 0 nitrogen and oxygen atoms in total. The molecule has 2 aliphatic carbocycles. The van der Waals surface area contributed by atoms with Gasteiger partial charge in [-0.3, -0.25) is 0 Å². The Morgan fingerprint density at radius 2 is 1.03 bits per heavy atom. The molecule has 2 aliphatic rings. The van der Waals surface area contributed by atoms with Crippen LogP contribution in [0.15, 0.2) is 34.1 Å². The minimum absolute atomic E-state index is 0.0509. The first kappa shape index (κ1) is 25.6. The van der Waals surface area contributed by atoms with E-state index in [9.17, 15) is 26.3 Å². The van der Waals surface area contributed by atoms with Gasteiger partial charge in [-0.2, -0.15) is 26.3 Å². The molecule has 2 fully saturated rings. The quantitative estimate of drug-likeness (QED) is 0.290. The molecular formula is C28H24F6S. The molecule has 0 bridgehead atoms. The van der Waals surface area contributed by atoms with Crippen LogP contribution in [0.2, 0.25) is 0 Å². The van der Waals surface area contributed by atoms with Gasteiger partial charge >= 0.3 is 12.4 Å². The van der Waals surface area contributed by atoms with E-state index in [1.54, 1.807) is 12.1 Å². The van der Waals surface area contributed by atoms with Crippen molar-refractivity contribution < 1.29 is 26.3 Å². The fourth-order valence-corrected chi connectivity index (χ4v) is 5.20. The van der Waals surface area contributed by atoms with E-state index in [0.717, 1.165) is 62.4 Å². The molecule has 7 heteroatoms. The standard InChI is InChI=1S/C28H24F6S/c1-17-13-23(27(29,30)31)21(11-9-19-5-3-6-19)25(15-17)35-26-16-18(2)14-24(28(32,33)34)22(26)12-10-20-7-4-8-20/h13-16,19-20H,3-8H2,1-2H3. The Labute approximate surface area is 205 Å². The van der Waals surface area contributed by atoms with Gasteiger partial charge in [-0.25, -0.2) is 0 Å². The zero-order chi connectivity index (χ0) is 25.4. The lowest BCUT2D eigenvalue weighted by atomic mass is 9.86. The van der Waals surface area contributed by atoms with Crippen molar-refractivity contribution in [3.8, 4) is 23.7 Å². The fraction of sp³-hybridized carbons (Fsp3) is 0.429. The molecule has 2 aromatic carbocycles. The number of rotatable bonds is 2. The van der Waals surface area contributed by atoms with Gasteiger partial charge in [0.2, 0.25) is 0 Å². The average Bonchev–Trinajstić information content (AvgIpc) is 2.66. The highest BCUT2D eigenvalue weighted by molar-refractivity contribution is 7.99. The second kappa shape index (κ2) is 9.86. The summed E-state index contributed by atoms with van der Waals surface area (Å²) in [5.74, 6) is 11.5. The van der Waals surface area contributed by atoms with E-state index < -0.39 is 23.5 Å². The molecule has 35 heavy (non-hydrogen) atoms. The monoisotopic (exact) mass is 506 g/mol. The van der Waals surface area contributed by atoms with Crippen LogP contribution in [0, 0.1) is 49.4 Å². The summed E-state index contributed by atoms with van der Waals surface area (Å²) < 4.78 is 83.6. The Morgan fingerprint density at radius 1 is 0.657 bits per heavy atom. The summed E-state index contributed by atoms with van der Waals surface area (Å²) in [7, 11) is 0. The molecule has 0 amide bonds. The summed E-state index contributed by atoms with van der Waals surface area (Å²) in [6, 6.07) is 5.21. The van der Waals surface area contributed by atoms with E-state index in [2.05, 4.69) is 23.7 Å². The fourth-order valence-electron chi connectivity index (χ4n) is 3.94. The zero-order valence-corrected chi connectivity index (χ0v) is 20.2. The normalized spacial score (nSPS) is 16.5. The first-order valence-electron chi connectivity index (χ1n) is 11.6. The highest BCUT2D eigenvalue weighted by Gasteiger charge is 2.37. The molecule has 4 rings (SSSR count). The minimum Gasteiger partial charge on any atom is -0.166 e. The second-order valence-corrected chi connectivity index (χ2v) is 10.3. The van der Waals surface area contributed by atoms with Crippen molar-refractivity contribution in [3.05, 3.63) is 57.6 Å².